The molecular formula is C21H32BNO5. The molecule has 2 heterocycles. The van der Waals surface area contributed by atoms with Crippen LogP contribution in [0, 0.1) is 0 Å². The van der Waals surface area contributed by atoms with E-state index in [1.54, 1.807) is 4.90 Å². The van der Waals surface area contributed by atoms with Gasteiger partial charge in [0.05, 0.1) is 16.8 Å². The molecular weight excluding hydrogens is 357 g/mol. The lowest BCUT2D eigenvalue weighted by molar-refractivity contribution is -0.0247. The van der Waals surface area contributed by atoms with Crippen LogP contribution in [0.4, 0.5) is 4.79 Å². The Labute approximate surface area is 168 Å². The molecule has 0 radical (unpaired) electrons. The molecule has 1 aromatic carbocycles. The Morgan fingerprint density at radius 2 is 1.68 bits per heavy atom. The van der Waals surface area contributed by atoms with E-state index in [2.05, 4.69) is 0 Å². The number of aliphatic hydroxyl groups is 1. The predicted molar refractivity (Wildman–Crippen MR) is 108 cm³/mol. The van der Waals surface area contributed by atoms with Crippen LogP contribution in [-0.2, 0) is 20.7 Å². The largest absolute Gasteiger partial charge is 0.457 e. The second-order valence-corrected chi connectivity index (χ2v) is 8.98. The van der Waals surface area contributed by atoms with Gasteiger partial charge in [-0.05, 0) is 58.8 Å². The SMILES string of the molecule is CC1(C)OB(CCC2(O)CCN(C(=O)OCc3ccccc3)CC2)OC1(C)C. The fourth-order valence-electron chi connectivity index (χ4n) is 3.64. The first-order chi connectivity index (χ1) is 13.1. The molecule has 0 bridgehead atoms. The van der Waals surface area contributed by atoms with Crippen molar-refractivity contribution in [3.8, 4) is 0 Å². The number of amides is 1. The molecule has 154 valence electrons. The van der Waals surface area contributed by atoms with Crippen molar-refractivity contribution < 1.29 is 23.9 Å². The van der Waals surface area contributed by atoms with E-state index in [-0.39, 0.29) is 31.0 Å². The number of piperidine rings is 1. The maximum Gasteiger partial charge on any atom is 0.457 e. The van der Waals surface area contributed by atoms with Gasteiger partial charge in [-0.2, -0.15) is 0 Å². The van der Waals surface area contributed by atoms with Crippen molar-refractivity contribution in [1.29, 1.82) is 0 Å². The molecule has 0 saturated carbocycles. The van der Waals surface area contributed by atoms with Gasteiger partial charge in [-0.3, -0.25) is 0 Å². The Hall–Kier alpha value is -1.57. The van der Waals surface area contributed by atoms with Crippen molar-refractivity contribution in [1.82, 2.24) is 4.90 Å². The topological polar surface area (TPSA) is 68.2 Å². The van der Waals surface area contributed by atoms with Gasteiger partial charge in [0.2, 0.25) is 0 Å². The summed E-state index contributed by atoms with van der Waals surface area (Å²) < 4.78 is 17.4. The fourth-order valence-corrected chi connectivity index (χ4v) is 3.64. The van der Waals surface area contributed by atoms with Gasteiger partial charge in [0.25, 0.3) is 0 Å². The Bertz CT molecular complexity index is 655. The van der Waals surface area contributed by atoms with E-state index in [1.165, 1.54) is 0 Å². The third kappa shape index (κ3) is 4.88. The fraction of sp³-hybridized carbons (Fsp3) is 0.667. The Morgan fingerprint density at radius 1 is 1.11 bits per heavy atom. The average molecular weight is 389 g/mol. The minimum absolute atomic E-state index is 0.266. The molecule has 0 aliphatic carbocycles. The molecule has 1 amide bonds. The van der Waals surface area contributed by atoms with Crippen molar-refractivity contribution >= 4 is 13.2 Å². The van der Waals surface area contributed by atoms with E-state index < -0.39 is 5.60 Å². The molecule has 2 aliphatic rings. The number of benzene rings is 1. The number of carbonyl (C=O) groups is 1. The van der Waals surface area contributed by atoms with Crippen LogP contribution >= 0.6 is 0 Å². The molecule has 0 spiro atoms. The normalized spacial score (nSPS) is 22.9. The van der Waals surface area contributed by atoms with Crippen molar-refractivity contribution in [2.45, 2.75) is 76.7 Å². The van der Waals surface area contributed by atoms with Crippen LogP contribution in [0.5, 0.6) is 0 Å². The maximum atomic E-state index is 12.3. The number of rotatable bonds is 5. The first kappa shape index (κ1) is 21.2. The summed E-state index contributed by atoms with van der Waals surface area (Å²) >= 11 is 0. The van der Waals surface area contributed by atoms with Crippen molar-refractivity contribution in [3.05, 3.63) is 35.9 Å². The third-order valence-corrected chi connectivity index (χ3v) is 6.30. The van der Waals surface area contributed by atoms with Gasteiger partial charge in [-0.1, -0.05) is 30.3 Å². The van der Waals surface area contributed by atoms with Gasteiger partial charge in [0.15, 0.2) is 0 Å². The van der Waals surface area contributed by atoms with E-state index in [9.17, 15) is 9.90 Å². The third-order valence-electron chi connectivity index (χ3n) is 6.30. The van der Waals surface area contributed by atoms with E-state index in [0.717, 1.165) is 5.56 Å². The number of carbonyl (C=O) groups excluding carboxylic acids is 1. The monoisotopic (exact) mass is 389 g/mol. The predicted octanol–water partition coefficient (Wildman–Crippen LogP) is 3.63. The zero-order chi connectivity index (χ0) is 20.4. The smallest absolute Gasteiger partial charge is 0.445 e. The van der Waals surface area contributed by atoms with Gasteiger partial charge in [0.1, 0.15) is 6.61 Å². The van der Waals surface area contributed by atoms with E-state index in [1.807, 2.05) is 58.0 Å². The van der Waals surface area contributed by atoms with Crippen molar-refractivity contribution in [3.63, 3.8) is 0 Å². The molecule has 0 atom stereocenters. The molecule has 7 heteroatoms. The maximum absolute atomic E-state index is 12.3. The number of hydrogen-bond donors (Lipinski definition) is 1. The molecule has 0 unspecified atom stereocenters. The van der Waals surface area contributed by atoms with Crippen LogP contribution < -0.4 is 0 Å². The van der Waals surface area contributed by atoms with Crippen LogP contribution in [0.3, 0.4) is 0 Å². The number of likely N-dealkylation sites (tertiary alicyclic amines) is 1. The van der Waals surface area contributed by atoms with Crippen molar-refractivity contribution in [2.75, 3.05) is 13.1 Å². The Kier molecular flexibility index (Phi) is 6.08. The Morgan fingerprint density at radius 3 is 2.25 bits per heavy atom. The van der Waals surface area contributed by atoms with Gasteiger partial charge in [-0.15, -0.1) is 0 Å². The standard InChI is InChI=1S/C21H32BNO5/c1-19(2)20(3,4)28-22(27-19)13-10-21(25)11-14-23(15-12-21)18(24)26-16-17-8-6-5-7-9-17/h5-9,25H,10-16H2,1-4H3. The number of hydrogen-bond acceptors (Lipinski definition) is 5. The molecule has 2 fully saturated rings. The van der Waals surface area contributed by atoms with Crippen LogP contribution in [0.1, 0.15) is 52.5 Å². The minimum Gasteiger partial charge on any atom is -0.445 e. The molecule has 1 aromatic rings. The first-order valence-electron chi connectivity index (χ1n) is 10.1. The Balaban J connectivity index is 1.42. The minimum atomic E-state index is -0.792. The average Bonchev–Trinajstić information content (AvgIpc) is 2.86. The summed E-state index contributed by atoms with van der Waals surface area (Å²) in [5, 5.41) is 10.9. The van der Waals surface area contributed by atoms with E-state index in [4.69, 9.17) is 14.0 Å². The first-order valence-corrected chi connectivity index (χ1v) is 10.1. The second kappa shape index (κ2) is 8.05. The van der Waals surface area contributed by atoms with Gasteiger partial charge in [0, 0.05) is 13.1 Å². The molecule has 0 aromatic heterocycles. The van der Waals surface area contributed by atoms with Crippen molar-refractivity contribution in [2.24, 2.45) is 0 Å². The summed E-state index contributed by atoms with van der Waals surface area (Å²) in [6, 6.07) is 9.63. The molecule has 28 heavy (non-hydrogen) atoms. The highest BCUT2D eigenvalue weighted by Crippen LogP contribution is 2.39. The lowest BCUT2D eigenvalue weighted by atomic mass is 9.75. The quantitative estimate of drug-likeness (QED) is 0.779. The molecule has 6 nitrogen and oxygen atoms in total. The number of ether oxygens (including phenoxy) is 1. The molecule has 2 aliphatic heterocycles. The highest BCUT2D eigenvalue weighted by Gasteiger charge is 2.51. The van der Waals surface area contributed by atoms with Crippen LogP contribution in [0.15, 0.2) is 30.3 Å². The summed E-state index contributed by atoms with van der Waals surface area (Å²) in [7, 11) is -0.303. The molecule has 1 N–H and O–H groups in total. The summed E-state index contributed by atoms with van der Waals surface area (Å²) in [6.45, 7) is 9.37. The summed E-state index contributed by atoms with van der Waals surface area (Å²) in [5.41, 5.74) is -0.537. The highest BCUT2D eigenvalue weighted by molar-refractivity contribution is 6.45. The number of nitrogens with zero attached hydrogens (tertiary/aromatic N) is 1. The van der Waals surface area contributed by atoms with E-state index >= 15 is 0 Å². The van der Waals surface area contributed by atoms with Gasteiger partial charge < -0.3 is 24.1 Å². The lowest BCUT2D eigenvalue weighted by Gasteiger charge is -2.37. The van der Waals surface area contributed by atoms with Crippen LogP contribution in [-0.4, -0.2) is 53.1 Å². The second-order valence-electron chi connectivity index (χ2n) is 8.98. The molecule has 2 saturated heterocycles. The highest BCUT2D eigenvalue weighted by atomic mass is 16.7. The zero-order valence-electron chi connectivity index (χ0n) is 17.4. The lowest BCUT2D eigenvalue weighted by Crippen LogP contribution is -2.47. The van der Waals surface area contributed by atoms with Crippen LogP contribution in [0.25, 0.3) is 0 Å². The summed E-state index contributed by atoms with van der Waals surface area (Å²) in [6.07, 6.45) is 1.98. The van der Waals surface area contributed by atoms with E-state index in [0.29, 0.717) is 38.7 Å². The van der Waals surface area contributed by atoms with Crippen LogP contribution in [0.2, 0.25) is 6.32 Å². The summed E-state index contributed by atoms with van der Waals surface area (Å²) in [4.78, 5) is 13.9. The van der Waals surface area contributed by atoms with Gasteiger partial charge in [-0.25, -0.2) is 4.79 Å². The molecule has 3 rings (SSSR count). The zero-order valence-corrected chi connectivity index (χ0v) is 17.4. The summed E-state index contributed by atoms with van der Waals surface area (Å²) in [5.74, 6) is 0. The van der Waals surface area contributed by atoms with Gasteiger partial charge >= 0.3 is 13.2 Å².